The summed E-state index contributed by atoms with van der Waals surface area (Å²) in [5.41, 5.74) is -5.28. The van der Waals surface area contributed by atoms with Crippen molar-refractivity contribution in [1.29, 1.82) is 0 Å². The average Bonchev–Trinajstić information content (AvgIpc) is 2.81. The number of halogens is 15. The van der Waals surface area contributed by atoms with Gasteiger partial charge in [0.1, 0.15) is 65.0 Å². The van der Waals surface area contributed by atoms with E-state index in [1.165, 1.54) is 0 Å². The normalized spacial score (nSPS) is 11.4. The molecule has 0 heterocycles. The molecule has 0 spiro atoms. The van der Waals surface area contributed by atoms with Gasteiger partial charge in [0.2, 0.25) is 0 Å². The van der Waals surface area contributed by atoms with Gasteiger partial charge in [0.15, 0.2) is 17.5 Å². The lowest BCUT2D eigenvalue weighted by atomic mass is 9.36. The molecular formula is C18BCl6F9. The van der Waals surface area contributed by atoms with E-state index in [9.17, 15) is 39.5 Å². The Kier molecular flexibility index (Phi) is 7.83. The van der Waals surface area contributed by atoms with Crippen LogP contribution in [0.5, 0.6) is 0 Å². The van der Waals surface area contributed by atoms with Gasteiger partial charge in [0, 0.05) is 16.4 Å². The monoisotopic (exact) mass is 608 g/mol. The van der Waals surface area contributed by atoms with Crippen LogP contribution in [0.25, 0.3) is 0 Å². The van der Waals surface area contributed by atoms with Gasteiger partial charge in [-0.2, -0.15) is 0 Å². The average molecular weight is 611 g/mol. The van der Waals surface area contributed by atoms with Gasteiger partial charge in [0.05, 0.1) is 0 Å². The van der Waals surface area contributed by atoms with Crippen LogP contribution in [0.4, 0.5) is 39.5 Å². The zero-order valence-corrected chi connectivity index (χ0v) is 19.8. The van der Waals surface area contributed by atoms with E-state index < -0.39 is 106 Å². The van der Waals surface area contributed by atoms with Gasteiger partial charge in [-0.3, -0.25) is 0 Å². The fourth-order valence-corrected chi connectivity index (χ4v) is 4.38. The molecule has 0 radical (unpaired) electrons. The third-order valence-corrected chi connectivity index (χ3v) is 6.59. The molecule has 180 valence electrons. The summed E-state index contributed by atoms with van der Waals surface area (Å²) in [6.07, 6.45) is 0. The standard InChI is InChI=1S/C18BCl6F9/c20-4-10(26)1(11(27)5(21)16(4)32)19(2-12(28)6(22)17(33)7(23)13(2)29)3-14(30)8(24)18(34)9(25)15(3)31. The second kappa shape index (κ2) is 9.71. The number of hydrogen-bond donors (Lipinski definition) is 0. The summed E-state index contributed by atoms with van der Waals surface area (Å²) >= 11 is 32.5. The lowest BCUT2D eigenvalue weighted by Crippen LogP contribution is -2.59. The zero-order valence-electron chi connectivity index (χ0n) is 15.2. The van der Waals surface area contributed by atoms with Crippen LogP contribution in [0.3, 0.4) is 0 Å². The van der Waals surface area contributed by atoms with Gasteiger partial charge >= 0.3 is 0 Å². The van der Waals surface area contributed by atoms with E-state index in [1.807, 2.05) is 0 Å². The molecule has 34 heavy (non-hydrogen) atoms. The summed E-state index contributed by atoms with van der Waals surface area (Å²) < 4.78 is 132. The topological polar surface area (TPSA) is 0 Å². The Morgan fingerprint density at radius 2 is 0.441 bits per heavy atom. The molecule has 0 nitrogen and oxygen atoms in total. The molecule has 0 atom stereocenters. The third kappa shape index (κ3) is 4.00. The molecule has 3 aromatic carbocycles. The molecular weight excluding hydrogens is 611 g/mol. The molecule has 16 heteroatoms. The van der Waals surface area contributed by atoms with Gasteiger partial charge in [-0.15, -0.1) is 0 Å². The Balaban J connectivity index is 2.68. The quantitative estimate of drug-likeness (QED) is 0.126. The third-order valence-electron chi connectivity index (χ3n) is 4.60. The Morgan fingerprint density at radius 1 is 0.294 bits per heavy atom. The number of benzene rings is 3. The fraction of sp³-hybridized carbons (Fsp3) is 0. The summed E-state index contributed by atoms with van der Waals surface area (Å²) in [7, 11) is 0. The lowest BCUT2D eigenvalue weighted by Gasteiger charge is -2.22. The van der Waals surface area contributed by atoms with Crippen LogP contribution in [-0.4, -0.2) is 6.71 Å². The van der Waals surface area contributed by atoms with Crippen molar-refractivity contribution in [3.63, 3.8) is 0 Å². The number of hydrogen-bond acceptors (Lipinski definition) is 0. The van der Waals surface area contributed by atoms with E-state index in [-0.39, 0.29) is 0 Å². The van der Waals surface area contributed by atoms with Crippen LogP contribution < -0.4 is 16.4 Å². The molecule has 0 saturated heterocycles. The molecule has 0 fully saturated rings. The zero-order chi connectivity index (χ0) is 26.0. The van der Waals surface area contributed by atoms with E-state index in [0.717, 1.165) is 0 Å². The van der Waals surface area contributed by atoms with Crippen molar-refractivity contribution in [3.8, 4) is 0 Å². The minimum atomic E-state index is -3.03. The summed E-state index contributed by atoms with van der Waals surface area (Å²) in [6.45, 7) is -3.03. The van der Waals surface area contributed by atoms with E-state index in [1.54, 1.807) is 0 Å². The minimum absolute atomic E-state index is 1.56. The molecule has 0 aliphatic rings. The molecule has 3 rings (SSSR count). The molecule has 0 N–H and O–H groups in total. The van der Waals surface area contributed by atoms with Crippen LogP contribution in [-0.2, 0) is 0 Å². The summed E-state index contributed by atoms with van der Waals surface area (Å²) in [6, 6.07) is 0. The molecule has 0 unspecified atom stereocenters. The second-order valence-electron chi connectivity index (χ2n) is 6.38. The second-order valence-corrected chi connectivity index (χ2v) is 8.65. The van der Waals surface area contributed by atoms with Crippen molar-refractivity contribution in [2.75, 3.05) is 0 Å². The highest BCUT2D eigenvalue weighted by Crippen LogP contribution is 2.33. The van der Waals surface area contributed by atoms with Gasteiger partial charge in [0.25, 0.3) is 6.71 Å². The van der Waals surface area contributed by atoms with Crippen molar-refractivity contribution in [3.05, 3.63) is 82.5 Å². The van der Waals surface area contributed by atoms with Crippen molar-refractivity contribution in [2.24, 2.45) is 0 Å². The van der Waals surface area contributed by atoms with Gasteiger partial charge in [-0.1, -0.05) is 69.6 Å². The van der Waals surface area contributed by atoms with E-state index in [2.05, 4.69) is 0 Å². The van der Waals surface area contributed by atoms with E-state index in [0.29, 0.717) is 0 Å². The van der Waals surface area contributed by atoms with Gasteiger partial charge < -0.3 is 0 Å². The highest BCUT2D eigenvalue weighted by molar-refractivity contribution is 6.96. The Morgan fingerprint density at radius 3 is 0.588 bits per heavy atom. The predicted molar refractivity (Wildman–Crippen MR) is 114 cm³/mol. The Hall–Kier alpha value is -1.17. The number of rotatable bonds is 3. The summed E-state index contributed by atoms with van der Waals surface area (Å²) in [4.78, 5) is 0. The van der Waals surface area contributed by atoms with Crippen LogP contribution in [0, 0.1) is 52.4 Å². The van der Waals surface area contributed by atoms with E-state index >= 15 is 0 Å². The Labute approximate surface area is 214 Å². The molecule has 0 amide bonds. The highest BCUT2D eigenvalue weighted by atomic mass is 35.5. The largest absolute Gasteiger partial charge is 0.264 e. The first-order chi connectivity index (χ1) is 15.7. The van der Waals surface area contributed by atoms with Crippen LogP contribution in [0.15, 0.2) is 0 Å². The molecule has 0 aromatic heterocycles. The Bertz CT molecular complexity index is 1130. The summed E-state index contributed by atoms with van der Waals surface area (Å²) in [5, 5.41) is -9.38. The molecule has 0 bridgehead atoms. The van der Waals surface area contributed by atoms with Crippen molar-refractivity contribution in [1.82, 2.24) is 0 Å². The van der Waals surface area contributed by atoms with Crippen LogP contribution >= 0.6 is 69.6 Å². The first kappa shape index (κ1) is 27.4. The SMILES string of the molecule is Fc1c(Cl)c(F)c(B(c2c(F)c(Cl)c(F)c(Cl)c2F)c2c(F)c(Cl)c(F)c(Cl)c2F)c(F)c1Cl. The van der Waals surface area contributed by atoms with Crippen molar-refractivity contribution >= 4 is 92.7 Å². The van der Waals surface area contributed by atoms with E-state index in [4.69, 9.17) is 69.6 Å². The summed E-state index contributed by atoms with van der Waals surface area (Å²) in [5.74, 6) is -18.5. The smallest absolute Gasteiger partial charge is 0.206 e. The molecule has 0 saturated carbocycles. The highest BCUT2D eigenvalue weighted by Gasteiger charge is 2.43. The minimum Gasteiger partial charge on any atom is -0.206 e. The van der Waals surface area contributed by atoms with Crippen LogP contribution in [0.2, 0.25) is 30.1 Å². The molecule has 0 aliphatic carbocycles. The fourth-order valence-electron chi connectivity index (χ4n) is 3.06. The maximum Gasteiger partial charge on any atom is 0.264 e. The predicted octanol–water partition coefficient (Wildman–Crippen LogP) is 7.38. The van der Waals surface area contributed by atoms with Crippen molar-refractivity contribution < 1.29 is 39.5 Å². The first-order valence-electron chi connectivity index (χ1n) is 8.20. The van der Waals surface area contributed by atoms with Crippen molar-refractivity contribution in [2.45, 2.75) is 0 Å². The molecule has 0 aliphatic heterocycles. The van der Waals surface area contributed by atoms with Gasteiger partial charge in [-0.25, -0.2) is 39.5 Å². The maximum absolute atomic E-state index is 15.0. The van der Waals surface area contributed by atoms with Gasteiger partial charge in [-0.05, 0) is 0 Å². The maximum atomic E-state index is 15.0. The van der Waals surface area contributed by atoms with Crippen LogP contribution in [0.1, 0.15) is 0 Å². The molecule has 3 aromatic rings. The first-order valence-corrected chi connectivity index (χ1v) is 10.5. The lowest BCUT2D eigenvalue weighted by molar-refractivity contribution is 0.549.